The van der Waals surface area contributed by atoms with Crippen molar-refractivity contribution < 1.29 is 22.4 Å². The van der Waals surface area contributed by atoms with Crippen molar-refractivity contribution in [2.45, 2.75) is 13.1 Å². The second-order valence-electron chi connectivity index (χ2n) is 2.27. The molecule has 0 aliphatic carbocycles. The first-order valence-electron chi connectivity index (χ1n) is 3.20. The van der Waals surface area contributed by atoms with Gasteiger partial charge in [0.25, 0.3) is 0 Å². The molecule has 0 saturated heterocycles. The quantitative estimate of drug-likeness (QED) is 0.505. The summed E-state index contributed by atoms with van der Waals surface area (Å²) in [7, 11) is 0. The lowest BCUT2D eigenvalue weighted by molar-refractivity contribution is -0.152. The van der Waals surface area contributed by atoms with Gasteiger partial charge >= 0.3 is 6.18 Å². The fraction of sp³-hybridized carbons (Fsp3) is 0.286. The summed E-state index contributed by atoms with van der Waals surface area (Å²) in [5.41, 5.74) is -0.542. The summed E-state index contributed by atoms with van der Waals surface area (Å²) in [6, 6.07) is 1.02. The molecule has 0 atom stereocenters. The Kier molecular flexibility index (Phi) is 2.25. The molecule has 0 radical (unpaired) electrons. The monoisotopic (exact) mass is 191 g/mol. The fourth-order valence-corrected chi connectivity index (χ4v) is 0.836. The Morgan fingerprint density at radius 2 is 2.15 bits per heavy atom. The van der Waals surface area contributed by atoms with Gasteiger partial charge in [-0.1, -0.05) is 0 Å². The van der Waals surface area contributed by atoms with Gasteiger partial charge in [0.15, 0.2) is 0 Å². The summed E-state index contributed by atoms with van der Waals surface area (Å²) in [5, 5.41) is 0. The van der Waals surface area contributed by atoms with Gasteiger partial charge in [0, 0.05) is 6.07 Å². The standard InChI is InChI=1S/C7H4F3NO2/c1-4-2-5(11-3-12)6(13-4)7(8,9)10/h2H,1H3. The molecular weight excluding hydrogens is 187 g/mol. The maximum Gasteiger partial charge on any atom is 0.451 e. The van der Waals surface area contributed by atoms with Crippen molar-refractivity contribution in [2.24, 2.45) is 4.99 Å². The second-order valence-corrected chi connectivity index (χ2v) is 2.27. The maximum atomic E-state index is 12.1. The van der Waals surface area contributed by atoms with E-state index in [4.69, 9.17) is 0 Å². The van der Waals surface area contributed by atoms with E-state index in [0.29, 0.717) is 0 Å². The number of aliphatic imine (C=N–C) groups is 1. The Morgan fingerprint density at radius 3 is 2.62 bits per heavy atom. The van der Waals surface area contributed by atoms with Crippen LogP contribution in [0.2, 0.25) is 0 Å². The maximum absolute atomic E-state index is 12.1. The highest BCUT2D eigenvalue weighted by atomic mass is 19.4. The first kappa shape index (κ1) is 9.54. The number of alkyl halides is 3. The van der Waals surface area contributed by atoms with Gasteiger partial charge in [-0.05, 0) is 6.92 Å². The minimum Gasteiger partial charge on any atom is -0.455 e. The number of nitrogens with zero attached hydrogens (tertiary/aromatic N) is 1. The molecule has 1 rings (SSSR count). The van der Waals surface area contributed by atoms with Crippen LogP contribution in [0.4, 0.5) is 18.9 Å². The van der Waals surface area contributed by atoms with E-state index < -0.39 is 17.6 Å². The number of aryl methyl sites for hydroxylation is 1. The van der Waals surface area contributed by atoms with Crippen LogP contribution in [-0.2, 0) is 11.0 Å². The van der Waals surface area contributed by atoms with E-state index in [0.717, 1.165) is 12.1 Å². The zero-order valence-corrected chi connectivity index (χ0v) is 6.47. The summed E-state index contributed by atoms with van der Waals surface area (Å²) < 4.78 is 40.6. The molecule has 0 bridgehead atoms. The number of furan rings is 1. The molecular formula is C7H4F3NO2. The minimum absolute atomic E-state index is 0.0429. The molecule has 0 unspecified atom stereocenters. The molecule has 1 heterocycles. The van der Waals surface area contributed by atoms with Gasteiger partial charge in [-0.15, -0.1) is 0 Å². The highest BCUT2D eigenvalue weighted by molar-refractivity contribution is 5.52. The molecule has 0 saturated carbocycles. The SMILES string of the molecule is Cc1cc(N=C=O)c(C(F)(F)F)o1. The Labute approximate surface area is 70.9 Å². The van der Waals surface area contributed by atoms with Gasteiger partial charge in [-0.2, -0.15) is 18.2 Å². The molecule has 3 nitrogen and oxygen atoms in total. The zero-order valence-electron chi connectivity index (χ0n) is 6.47. The van der Waals surface area contributed by atoms with Gasteiger partial charge in [0.1, 0.15) is 11.4 Å². The first-order chi connectivity index (χ1) is 5.95. The number of rotatable bonds is 1. The van der Waals surface area contributed by atoms with Crippen LogP contribution >= 0.6 is 0 Å². The summed E-state index contributed by atoms with van der Waals surface area (Å²) in [5.74, 6) is -1.23. The zero-order chi connectivity index (χ0) is 10.1. The molecule has 70 valence electrons. The van der Waals surface area contributed by atoms with E-state index in [1.807, 2.05) is 0 Å². The third-order valence-electron chi connectivity index (χ3n) is 1.26. The van der Waals surface area contributed by atoms with E-state index in [1.54, 1.807) is 0 Å². The molecule has 0 amide bonds. The van der Waals surface area contributed by atoms with Crippen LogP contribution in [0.25, 0.3) is 0 Å². The smallest absolute Gasteiger partial charge is 0.451 e. The van der Waals surface area contributed by atoms with Crippen LogP contribution in [-0.4, -0.2) is 6.08 Å². The Morgan fingerprint density at radius 1 is 1.54 bits per heavy atom. The van der Waals surface area contributed by atoms with Crippen molar-refractivity contribution in [2.75, 3.05) is 0 Å². The highest BCUT2D eigenvalue weighted by Crippen LogP contribution is 2.38. The normalized spacial score (nSPS) is 11.1. The average molecular weight is 191 g/mol. The van der Waals surface area contributed by atoms with E-state index in [1.165, 1.54) is 6.92 Å². The summed E-state index contributed by atoms with van der Waals surface area (Å²) in [6.07, 6.45) is -3.61. The van der Waals surface area contributed by atoms with E-state index in [9.17, 15) is 18.0 Å². The molecule has 0 aliphatic rings. The van der Waals surface area contributed by atoms with Crippen molar-refractivity contribution in [1.82, 2.24) is 0 Å². The van der Waals surface area contributed by atoms with Gasteiger partial charge in [0.05, 0.1) is 0 Å². The van der Waals surface area contributed by atoms with Crippen molar-refractivity contribution >= 4 is 11.8 Å². The summed E-state index contributed by atoms with van der Waals surface area (Å²) in [4.78, 5) is 12.6. The summed E-state index contributed by atoms with van der Waals surface area (Å²) in [6.45, 7) is 1.33. The summed E-state index contributed by atoms with van der Waals surface area (Å²) >= 11 is 0. The van der Waals surface area contributed by atoms with E-state index in [2.05, 4.69) is 9.41 Å². The predicted octanol–water partition coefficient (Wildman–Crippen LogP) is 2.57. The van der Waals surface area contributed by atoms with Gasteiger partial charge in [0.2, 0.25) is 11.8 Å². The fourth-order valence-electron chi connectivity index (χ4n) is 0.836. The number of halogens is 3. The molecule has 1 aromatic rings. The van der Waals surface area contributed by atoms with Crippen molar-refractivity contribution in [3.63, 3.8) is 0 Å². The Balaban J connectivity index is 3.27. The molecule has 0 aliphatic heterocycles. The lowest BCUT2D eigenvalue weighted by Crippen LogP contribution is -2.02. The van der Waals surface area contributed by atoms with Crippen LogP contribution in [0.1, 0.15) is 11.5 Å². The number of hydrogen-bond donors (Lipinski definition) is 0. The van der Waals surface area contributed by atoms with Crippen LogP contribution in [0.3, 0.4) is 0 Å². The lowest BCUT2D eigenvalue weighted by atomic mass is 10.3. The average Bonchev–Trinajstić information content (AvgIpc) is 2.30. The van der Waals surface area contributed by atoms with Crippen molar-refractivity contribution in [3.8, 4) is 0 Å². The molecule has 0 aromatic carbocycles. The van der Waals surface area contributed by atoms with Gasteiger partial charge in [-0.25, -0.2) is 4.79 Å². The van der Waals surface area contributed by atoms with Crippen LogP contribution < -0.4 is 0 Å². The second kappa shape index (κ2) is 3.06. The van der Waals surface area contributed by atoms with E-state index in [-0.39, 0.29) is 5.76 Å². The third kappa shape index (κ3) is 1.97. The van der Waals surface area contributed by atoms with Gasteiger partial charge in [-0.3, -0.25) is 0 Å². The molecule has 1 aromatic heterocycles. The molecule has 6 heteroatoms. The number of hydrogen-bond acceptors (Lipinski definition) is 3. The topological polar surface area (TPSA) is 42.6 Å². The lowest BCUT2D eigenvalue weighted by Gasteiger charge is -2.01. The van der Waals surface area contributed by atoms with Gasteiger partial charge < -0.3 is 4.42 Å². The number of carbonyl (C=O) groups excluding carboxylic acids is 1. The largest absolute Gasteiger partial charge is 0.455 e. The van der Waals surface area contributed by atoms with Crippen LogP contribution in [0.5, 0.6) is 0 Å². The molecule has 0 N–H and O–H groups in total. The Hall–Kier alpha value is -1.55. The molecule has 0 spiro atoms. The predicted molar refractivity (Wildman–Crippen MR) is 36.2 cm³/mol. The van der Waals surface area contributed by atoms with Crippen molar-refractivity contribution in [3.05, 3.63) is 17.6 Å². The third-order valence-corrected chi connectivity index (χ3v) is 1.26. The minimum atomic E-state index is -4.63. The number of isocyanates is 1. The van der Waals surface area contributed by atoms with Crippen molar-refractivity contribution in [1.29, 1.82) is 0 Å². The van der Waals surface area contributed by atoms with Crippen LogP contribution in [0, 0.1) is 6.92 Å². The molecule has 13 heavy (non-hydrogen) atoms. The Bertz CT molecular complexity index is 360. The first-order valence-corrected chi connectivity index (χ1v) is 3.20. The highest BCUT2D eigenvalue weighted by Gasteiger charge is 2.38. The molecule has 0 fully saturated rings. The van der Waals surface area contributed by atoms with Crippen LogP contribution in [0.15, 0.2) is 15.5 Å². The van der Waals surface area contributed by atoms with E-state index >= 15 is 0 Å².